The molecule has 0 radical (unpaired) electrons. The molecule has 1 aliphatic heterocycles. The minimum Gasteiger partial charge on any atom is -0.315 e. The zero-order chi connectivity index (χ0) is 13.1. The van der Waals surface area contributed by atoms with Gasteiger partial charge in [0.15, 0.2) is 0 Å². The van der Waals surface area contributed by atoms with Gasteiger partial charge in [0.05, 0.1) is 0 Å². The number of piperidine rings is 1. The third-order valence-electron chi connectivity index (χ3n) is 4.07. The minimum atomic E-state index is 0. The zero-order valence-electron chi connectivity index (χ0n) is 12.3. The molecule has 0 aliphatic carbocycles. The third kappa shape index (κ3) is 4.33. The first-order valence-corrected chi connectivity index (χ1v) is 7.29. The lowest BCUT2D eigenvalue weighted by molar-refractivity contribution is 0.363. The third-order valence-corrected chi connectivity index (χ3v) is 4.07. The standard InChI is InChI=1S/C17H22N2.2ClH/c1-13(19-15-8-5-11-18-12-15)16-10-4-7-14-6-2-3-9-17(14)16;;/h2-4,6-7,9-10,13,15,18-19H,5,8,11-12H2,1H3;2*1H/t13-,15+;;/m1../s1. The predicted octanol–water partition coefficient (Wildman–Crippen LogP) is 4.09. The van der Waals surface area contributed by atoms with E-state index in [1.165, 1.54) is 35.7 Å². The largest absolute Gasteiger partial charge is 0.315 e. The van der Waals surface area contributed by atoms with E-state index in [0.717, 1.165) is 6.54 Å². The summed E-state index contributed by atoms with van der Waals surface area (Å²) in [4.78, 5) is 0. The van der Waals surface area contributed by atoms with Crippen molar-refractivity contribution in [3.63, 3.8) is 0 Å². The highest BCUT2D eigenvalue weighted by molar-refractivity contribution is 5.86. The van der Waals surface area contributed by atoms with Crippen molar-refractivity contribution >= 4 is 35.6 Å². The van der Waals surface area contributed by atoms with E-state index in [0.29, 0.717) is 12.1 Å². The van der Waals surface area contributed by atoms with Crippen LogP contribution in [0.4, 0.5) is 0 Å². The van der Waals surface area contributed by atoms with E-state index >= 15 is 0 Å². The first-order valence-electron chi connectivity index (χ1n) is 7.29. The molecule has 0 amide bonds. The second-order valence-corrected chi connectivity index (χ2v) is 5.50. The molecule has 2 nitrogen and oxygen atoms in total. The highest BCUT2D eigenvalue weighted by atomic mass is 35.5. The molecule has 1 aliphatic rings. The normalized spacial score (nSPS) is 19.4. The second-order valence-electron chi connectivity index (χ2n) is 5.50. The molecule has 0 aromatic heterocycles. The smallest absolute Gasteiger partial charge is 0.0301 e. The molecule has 1 fully saturated rings. The molecule has 2 aromatic carbocycles. The Morgan fingerprint density at radius 2 is 1.86 bits per heavy atom. The van der Waals surface area contributed by atoms with Crippen LogP contribution in [0, 0.1) is 0 Å². The van der Waals surface area contributed by atoms with E-state index < -0.39 is 0 Å². The fourth-order valence-electron chi connectivity index (χ4n) is 3.07. The molecule has 4 heteroatoms. The summed E-state index contributed by atoms with van der Waals surface area (Å²) in [7, 11) is 0. The fourth-order valence-corrected chi connectivity index (χ4v) is 3.07. The van der Waals surface area contributed by atoms with Crippen LogP contribution in [0.2, 0.25) is 0 Å². The average molecular weight is 327 g/mol. The molecule has 1 saturated heterocycles. The Labute approximate surface area is 139 Å². The van der Waals surface area contributed by atoms with Crippen LogP contribution in [-0.2, 0) is 0 Å². The number of hydrogen-bond donors (Lipinski definition) is 2. The van der Waals surface area contributed by atoms with Gasteiger partial charge in [-0.15, -0.1) is 24.8 Å². The predicted molar refractivity (Wildman–Crippen MR) is 95.9 cm³/mol. The summed E-state index contributed by atoms with van der Waals surface area (Å²) < 4.78 is 0. The van der Waals surface area contributed by atoms with Crippen LogP contribution in [0.5, 0.6) is 0 Å². The summed E-state index contributed by atoms with van der Waals surface area (Å²) in [5.41, 5.74) is 1.41. The minimum absolute atomic E-state index is 0. The molecule has 2 N–H and O–H groups in total. The molecule has 0 bridgehead atoms. The van der Waals surface area contributed by atoms with Gasteiger partial charge in [0.25, 0.3) is 0 Å². The Kier molecular flexibility index (Phi) is 7.47. The Bertz CT molecular complexity index is 548. The fraction of sp³-hybridized carbons (Fsp3) is 0.412. The molecule has 0 saturated carbocycles. The molecule has 21 heavy (non-hydrogen) atoms. The molecule has 3 rings (SSSR count). The molecule has 2 aromatic rings. The van der Waals surface area contributed by atoms with E-state index in [4.69, 9.17) is 0 Å². The van der Waals surface area contributed by atoms with Gasteiger partial charge in [0, 0.05) is 18.6 Å². The lowest BCUT2D eigenvalue weighted by atomic mass is 9.98. The van der Waals surface area contributed by atoms with E-state index in [1.807, 2.05) is 0 Å². The Morgan fingerprint density at radius 3 is 2.62 bits per heavy atom. The topological polar surface area (TPSA) is 24.1 Å². The quantitative estimate of drug-likeness (QED) is 0.887. The number of halogens is 2. The van der Waals surface area contributed by atoms with Gasteiger partial charge < -0.3 is 10.6 Å². The molecule has 116 valence electrons. The van der Waals surface area contributed by atoms with Crippen LogP contribution in [0.1, 0.15) is 31.4 Å². The van der Waals surface area contributed by atoms with Crippen molar-refractivity contribution in [3.05, 3.63) is 48.0 Å². The molecule has 0 spiro atoms. The lowest BCUT2D eigenvalue weighted by Crippen LogP contribution is -2.43. The Hall–Kier alpha value is -0.800. The summed E-state index contributed by atoms with van der Waals surface area (Å²) in [5, 5.41) is 9.93. The maximum Gasteiger partial charge on any atom is 0.0301 e. The summed E-state index contributed by atoms with van der Waals surface area (Å²) in [6.45, 7) is 4.53. The Balaban J connectivity index is 0.00000110. The van der Waals surface area contributed by atoms with Gasteiger partial charge in [-0.25, -0.2) is 0 Å². The molecule has 1 heterocycles. The number of hydrogen-bond acceptors (Lipinski definition) is 2. The lowest BCUT2D eigenvalue weighted by Gasteiger charge is -2.28. The van der Waals surface area contributed by atoms with Gasteiger partial charge in [0.2, 0.25) is 0 Å². The number of rotatable bonds is 3. The van der Waals surface area contributed by atoms with Crippen LogP contribution < -0.4 is 10.6 Å². The maximum atomic E-state index is 3.76. The highest BCUT2D eigenvalue weighted by Crippen LogP contribution is 2.24. The highest BCUT2D eigenvalue weighted by Gasteiger charge is 2.16. The summed E-state index contributed by atoms with van der Waals surface area (Å²) >= 11 is 0. The van der Waals surface area contributed by atoms with Gasteiger partial charge in [0.1, 0.15) is 0 Å². The van der Waals surface area contributed by atoms with Crippen LogP contribution in [0.25, 0.3) is 10.8 Å². The maximum absolute atomic E-state index is 3.76. The number of nitrogens with one attached hydrogen (secondary N) is 2. The van der Waals surface area contributed by atoms with E-state index in [1.54, 1.807) is 0 Å². The second kappa shape index (κ2) is 8.60. The van der Waals surface area contributed by atoms with Crippen molar-refractivity contribution in [2.45, 2.75) is 31.8 Å². The van der Waals surface area contributed by atoms with Crippen molar-refractivity contribution < 1.29 is 0 Å². The first-order chi connectivity index (χ1) is 9.34. The summed E-state index contributed by atoms with van der Waals surface area (Å²) in [6.07, 6.45) is 2.56. The summed E-state index contributed by atoms with van der Waals surface area (Å²) in [6, 6.07) is 16.2. The van der Waals surface area contributed by atoms with Gasteiger partial charge >= 0.3 is 0 Å². The molecular formula is C17H24Cl2N2. The van der Waals surface area contributed by atoms with E-state index in [2.05, 4.69) is 60.0 Å². The van der Waals surface area contributed by atoms with Crippen LogP contribution in [0.3, 0.4) is 0 Å². The van der Waals surface area contributed by atoms with Crippen molar-refractivity contribution in [1.29, 1.82) is 0 Å². The van der Waals surface area contributed by atoms with Crippen molar-refractivity contribution in [2.24, 2.45) is 0 Å². The summed E-state index contributed by atoms with van der Waals surface area (Å²) in [5.74, 6) is 0. The SMILES string of the molecule is C[C@@H](N[C@H]1CCCNC1)c1cccc2ccccc12.Cl.Cl. The number of fused-ring (bicyclic) bond motifs is 1. The van der Waals surface area contributed by atoms with Crippen LogP contribution in [0.15, 0.2) is 42.5 Å². The molecular weight excluding hydrogens is 303 g/mol. The van der Waals surface area contributed by atoms with Crippen LogP contribution in [-0.4, -0.2) is 19.1 Å². The van der Waals surface area contributed by atoms with Crippen molar-refractivity contribution in [2.75, 3.05) is 13.1 Å². The zero-order valence-corrected chi connectivity index (χ0v) is 14.0. The van der Waals surface area contributed by atoms with Gasteiger partial charge in [-0.1, -0.05) is 42.5 Å². The van der Waals surface area contributed by atoms with Gasteiger partial charge in [-0.05, 0) is 42.6 Å². The number of benzene rings is 2. The van der Waals surface area contributed by atoms with Crippen molar-refractivity contribution in [1.82, 2.24) is 10.6 Å². The Morgan fingerprint density at radius 1 is 1.10 bits per heavy atom. The molecule has 0 unspecified atom stereocenters. The van der Waals surface area contributed by atoms with Crippen LogP contribution >= 0.6 is 24.8 Å². The van der Waals surface area contributed by atoms with Crippen molar-refractivity contribution in [3.8, 4) is 0 Å². The van der Waals surface area contributed by atoms with E-state index in [-0.39, 0.29) is 24.8 Å². The average Bonchev–Trinajstić information content (AvgIpc) is 2.47. The monoisotopic (exact) mass is 326 g/mol. The van der Waals surface area contributed by atoms with E-state index in [9.17, 15) is 0 Å². The van der Waals surface area contributed by atoms with Gasteiger partial charge in [-0.2, -0.15) is 0 Å². The first kappa shape index (κ1) is 18.2. The van der Waals surface area contributed by atoms with Gasteiger partial charge in [-0.3, -0.25) is 0 Å². The molecule has 2 atom stereocenters.